The molecule has 5 heteroatoms. The van der Waals surface area contributed by atoms with E-state index < -0.39 is 0 Å². The maximum Gasteiger partial charge on any atom is 0.220 e. The first-order valence-corrected chi connectivity index (χ1v) is 8.82. The molecular formula is C18H20ClNO2S. The van der Waals surface area contributed by atoms with Crippen LogP contribution < -0.4 is 10.1 Å². The Labute approximate surface area is 146 Å². The zero-order chi connectivity index (χ0) is 16.5. The number of rotatable bonds is 8. The van der Waals surface area contributed by atoms with Crippen molar-refractivity contribution in [2.24, 2.45) is 0 Å². The number of ether oxygens (including phenoxy) is 1. The second-order valence-electron chi connectivity index (χ2n) is 4.96. The molecule has 23 heavy (non-hydrogen) atoms. The fourth-order valence-electron chi connectivity index (χ4n) is 2.13. The Hall–Kier alpha value is -1.65. The van der Waals surface area contributed by atoms with Crippen LogP contribution in [0.25, 0.3) is 0 Å². The van der Waals surface area contributed by atoms with E-state index in [1.165, 1.54) is 0 Å². The average Bonchev–Trinajstić information content (AvgIpc) is 2.57. The van der Waals surface area contributed by atoms with Gasteiger partial charge in [-0.25, -0.2) is 0 Å². The zero-order valence-corrected chi connectivity index (χ0v) is 14.6. The Morgan fingerprint density at radius 3 is 2.65 bits per heavy atom. The van der Waals surface area contributed by atoms with Crippen molar-refractivity contribution in [3.63, 3.8) is 0 Å². The van der Waals surface area contributed by atoms with Gasteiger partial charge in [0.1, 0.15) is 5.75 Å². The number of thioether (sulfide) groups is 1. The molecule has 1 amide bonds. The smallest absolute Gasteiger partial charge is 0.220 e. The number of nitrogens with one attached hydrogen (secondary N) is 1. The number of carbonyl (C=O) groups is 1. The molecule has 3 nitrogen and oxygen atoms in total. The van der Waals surface area contributed by atoms with Gasteiger partial charge in [0.25, 0.3) is 0 Å². The molecule has 2 rings (SSSR count). The number of amides is 1. The molecule has 0 fully saturated rings. The largest absolute Gasteiger partial charge is 0.496 e. The third kappa shape index (κ3) is 6.16. The molecule has 0 saturated carbocycles. The molecule has 0 aromatic heterocycles. The lowest BCUT2D eigenvalue weighted by atomic mass is 10.1. The maximum atomic E-state index is 11.9. The molecule has 2 aromatic carbocycles. The van der Waals surface area contributed by atoms with E-state index in [2.05, 4.69) is 5.32 Å². The summed E-state index contributed by atoms with van der Waals surface area (Å²) in [5.74, 6) is 1.68. The molecule has 0 unspecified atom stereocenters. The monoisotopic (exact) mass is 349 g/mol. The second-order valence-corrected chi connectivity index (χ2v) is 6.57. The van der Waals surface area contributed by atoms with Crippen LogP contribution in [-0.4, -0.2) is 25.3 Å². The molecule has 0 aliphatic carbocycles. The van der Waals surface area contributed by atoms with Gasteiger partial charge in [0, 0.05) is 28.6 Å². The predicted octanol–water partition coefficient (Wildman–Crippen LogP) is 4.19. The Morgan fingerprint density at radius 2 is 1.91 bits per heavy atom. The summed E-state index contributed by atoms with van der Waals surface area (Å²) in [6.07, 6.45) is 1.26. The minimum Gasteiger partial charge on any atom is -0.496 e. The molecule has 0 radical (unpaired) electrons. The van der Waals surface area contributed by atoms with Crippen molar-refractivity contribution in [3.05, 3.63) is 59.1 Å². The fourth-order valence-corrected chi connectivity index (χ4v) is 3.10. The molecule has 0 spiro atoms. The Morgan fingerprint density at radius 1 is 1.17 bits per heavy atom. The van der Waals surface area contributed by atoms with Crippen molar-refractivity contribution >= 4 is 29.3 Å². The van der Waals surface area contributed by atoms with Crippen LogP contribution in [0.4, 0.5) is 0 Å². The maximum absolute atomic E-state index is 11.9. The Bertz CT molecular complexity index is 631. The summed E-state index contributed by atoms with van der Waals surface area (Å²) in [7, 11) is 1.66. The first-order chi connectivity index (χ1) is 11.2. The average molecular weight is 350 g/mol. The van der Waals surface area contributed by atoms with E-state index in [1.807, 2.05) is 48.5 Å². The summed E-state index contributed by atoms with van der Waals surface area (Å²) < 4.78 is 5.30. The van der Waals surface area contributed by atoms with Crippen molar-refractivity contribution in [2.45, 2.75) is 17.7 Å². The first-order valence-electron chi connectivity index (χ1n) is 7.46. The fraction of sp³-hybridized carbons (Fsp3) is 0.278. The van der Waals surface area contributed by atoms with Crippen LogP contribution in [0.2, 0.25) is 5.02 Å². The molecule has 0 bridgehead atoms. The third-order valence-corrected chi connectivity index (χ3v) is 4.59. The van der Waals surface area contributed by atoms with Crippen LogP contribution in [-0.2, 0) is 11.2 Å². The van der Waals surface area contributed by atoms with Gasteiger partial charge in [0.15, 0.2) is 0 Å². The lowest BCUT2D eigenvalue weighted by Crippen LogP contribution is -2.26. The van der Waals surface area contributed by atoms with Gasteiger partial charge in [-0.15, -0.1) is 11.8 Å². The minimum absolute atomic E-state index is 0.0707. The summed E-state index contributed by atoms with van der Waals surface area (Å²) in [5, 5.41) is 3.67. The van der Waals surface area contributed by atoms with E-state index in [1.54, 1.807) is 18.9 Å². The van der Waals surface area contributed by atoms with Crippen LogP contribution in [0, 0.1) is 0 Å². The zero-order valence-electron chi connectivity index (χ0n) is 13.0. The second kappa shape index (κ2) is 9.48. The predicted molar refractivity (Wildman–Crippen MR) is 96.5 cm³/mol. The summed E-state index contributed by atoms with van der Waals surface area (Å²) in [6, 6.07) is 15.5. The molecular weight excluding hydrogens is 330 g/mol. The minimum atomic E-state index is 0.0707. The van der Waals surface area contributed by atoms with Crippen molar-refractivity contribution in [1.29, 1.82) is 0 Å². The molecule has 0 saturated heterocycles. The molecule has 0 heterocycles. The van der Waals surface area contributed by atoms with E-state index in [4.69, 9.17) is 16.3 Å². The van der Waals surface area contributed by atoms with Gasteiger partial charge in [-0.05, 0) is 42.3 Å². The molecule has 0 aliphatic rings. The molecule has 122 valence electrons. The van der Waals surface area contributed by atoms with E-state index in [-0.39, 0.29) is 5.91 Å². The number of halogens is 1. The van der Waals surface area contributed by atoms with Crippen LogP contribution in [0.5, 0.6) is 5.75 Å². The third-order valence-electron chi connectivity index (χ3n) is 3.32. The molecule has 0 aliphatic heterocycles. The van der Waals surface area contributed by atoms with E-state index in [0.717, 1.165) is 33.4 Å². The lowest BCUT2D eigenvalue weighted by molar-refractivity contribution is -0.120. The van der Waals surface area contributed by atoms with Crippen LogP contribution in [0.3, 0.4) is 0 Å². The van der Waals surface area contributed by atoms with Gasteiger partial charge in [-0.2, -0.15) is 0 Å². The number of benzene rings is 2. The number of hydrogen-bond donors (Lipinski definition) is 1. The van der Waals surface area contributed by atoms with Gasteiger partial charge in [-0.3, -0.25) is 4.79 Å². The van der Waals surface area contributed by atoms with E-state index in [9.17, 15) is 4.79 Å². The van der Waals surface area contributed by atoms with Crippen molar-refractivity contribution < 1.29 is 9.53 Å². The topological polar surface area (TPSA) is 38.3 Å². The number of hydrogen-bond acceptors (Lipinski definition) is 3. The normalized spacial score (nSPS) is 10.3. The van der Waals surface area contributed by atoms with E-state index in [0.29, 0.717) is 13.0 Å². The number of methoxy groups -OCH3 is 1. The highest BCUT2D eigenvalue weighted by atomic mass is 35.5. The Kier molecular flexibility index (Phi) is 7.30. The highest BCUT2D eigenvalue weighted by Crippen LogP contribution is 2.21. The number of carbonyl (C=O) groups excluding carboxylic acids is 1. The van der Waals surface area contributed by atoms with Gasteiger partial charge in [0.2, 0.25) is 5.91 Å². The molecule has 1 N–H and O–H groups in total. The lowest BCUT2D eigenvalue weighted by Gasteiger charge is -2.09. The van der Waals surface area contributed by atoms with Gasteiger partial charge < -0.3 is 10.1 Å². The standard InChI is InChI=1S/C18H20ClNO2S/c1-22-17-5-3-2-4-14(17)10-12-20-18(21)11-13-23-16-8-6-15(19)7-9-16/h2-9H,10-13H2,1H3,(H,20,21). The Balaban J connectivity index is 1.66. The molecule has 2 aromatic rings. The van der Waals surface area contributed by atoms with Gasteiger partial charge >= 0.3 is 0 Å². The van der Waals surface area contributed by atoms with Crippen LogP contribution >= 0.6 is 23.4 Å². The van der Waals surface area contributed by atoms with E-state index >= 15 is 0 Å². The summed E-state index contributed by atoms with van der Waals surface area (Å²) in [5.41, 5.74) is 1.10. The SMILES string of the molecule is COc1ccccc1CCNC(=O)CCSc1ccc(Cl)cc1. The quantitative estimate of drug-likeness (QED) is 0.726. The summed E-state index contributed by atoms with van der Waals surface area (Å²) in [4.78, 5) is 13.0. The molecule has 0 atom stereocenters. The van der Waals surface area contributed by atoms with Crippen LogP contribution in [0.15, 0.2) is 53.4 Å². The van der Waals surface area contributed by atoms with Crippen molar-refractivity contribution in [2.75, 3.05) is 19.4 Å². The van der Waals surface area contributed by atoms with Crippen molar-refractivity contribution in [1.82, 2.24) is 5.32 Å². The number of para-hydroxylation sites is 1. The van der Waals surface area contributed by atoms with Gasteiger partial charge in [0.05, 0.1) is 7.11 Å². The van der Waals surface area contributed by atoms with Crippen molar-refractivity contribution in [3.8, 4) is 5.75 Å². The summed E-state index contributed by atoms with van der Waals surface area (Å²) >= 11 is 7.50. The summed E-state index contributed by atoms with van der Waals surface area (Å²) in [6.45, 7) is 0.616. The first kappa shape index (κ1) is 17.7. The highest BCUT2D eigenvalue weighted by Gasteiger charge is 2.04. The van der Waals surface area contributed by atoms with Crippen LogP contribution in [0.1, 0.15) is 12.0 Å². The van der Waals surface area contributed by atoms with Gasteiger partial charge in [-0.1, -0.05) is 29.8 Å². The highest BCUT2D eigenvalue weighted by molar-refractivity contribution is 7.99.